The molecule has 3 heteroatoms. The van der Waals surface area contributed by atoms with Crippen molar-refractivity contribution in [1.29, 1.82) is 0 Å². The third-order valence-corrected chi connectivity index (χ3v) is 10.4. The molecule has 10 aromatic rings. The summed E-state index contributed by atoms with van der Waals surface area (Å²) in [5.74, 6) is 0.694. The zero-order chi connectivity index (χ0) is 36.6. The molecule has 0 saturated carbocycles. The SMILES string of the molecule is c1ccc(-c2cccc(-c3ccc(-c4cccc(-c5nc(-c6cccc(-c7ccccc7)c6)c6c(n5)c5ccccc5n6-c5ccccc5)c4)cc3)c2)cc1. The summed E-state index contributed by atoms with van der Waals surface area (Å²) >= 11 is 0. The molecule has 0 aliphatic carbocycles. The van der Waals surface area contributed by atoms with Crippen LogP contribution in [0.1, 0.15) is 0 Å². The average molecular weight is 702 g/mol. The van der Waals surface area contributed by atoms with E-state index in [2.05, 4.69) is 217 Å². The van der Waals surface area contributed by atoms with E-state index in [0.29, 0.717) is 5.82 Å². The Morgan fingerprint density at radius 1 is 0.309 bits per heavy atom. The summed E-state index contributed by atoms with van der Waals surface area (Å²) < 4.78 is 2.31. The number of aromatic nitrogens is 3. The van der Waals surface area contributed by atoms with Crippen LogP contribution >= 0.6 is 0 Å². The highest BCUT2D eigenvalue weighted by Crippen LogP contribution is 2.39. The van der Waals surface area contributed by atoms with Crippen LogP contribution in [-0.2, 0) is 0 Å². The molecule has 10 rings (SSSR count). The molecule has 0 fully saturated rings. The lowest BCUT2D eigenvalue weighted by Crippen LogP contribution is -2.00. The van der Waals surface area contributed by atoms with Crippen molar-refractivity contribution >= 4 is 21.9 Å². The van der Waals surface area contributed by atoms with Crippen LogP contribution in [0.3, 0.4) is 0 Å². The van der Waals surface area contributed by atoms with E-state index in [1.807, 2.05) is 0 Å². The van der Waals surface area contributed by atoms with Crippen LogP contribution in [0.25, 0.3) is 94.8 Å². The van der Waals surface area contributed by atoms with E-state index in [1.165, 1.54) is 27.8 Å². The second kappa shape index (κ2) is 13.9. The minimum atomic E-state index is 0.694. The summed E-state index contributed by atoms with van der Waals surface area (Å²) in [6.07, 6.45) is 0. The van der Waals surface area contributed by atoms with Crippen molar-refractivity contribution in [2.45, 2.75) is 0 Å². The molecule has 0 unspecified atom stereocenters. The molecule has 0 amide bonds. The minimum absolute atomic E-state index is 0.694. The monoisotopic (exact) mass is 701 g/mol. The van der Waals surface area contributed by atoms with Crippen LogP contribution in [0.5, 0.6) is 0 Å². The predicted octanol–water partition coefficient (Wildman–Crippen LogP) is 13.6. The number of rotatable bonds is 7. The number of para-hydroxylation sites is 2. The Morgan fingerprint density at radius 2 is 0.727 bits per heavy atom. The summed E-state index contributed by atoms with van der Waals surface area (Å²) in [4.78, 5) is 10.8. The van der Waals surface area contributed by atoms with Gasteiger partial charge in [-0.3, -0.25) is 0 Å². The molecule has 55 heavy (non-hydrogen) atoms. The fourth-order valence-corrected chi connectivity index (χ4v) is 7.70. The lowest BCUT2D eigenvalue weighted by Gasteiger charge is -2.13. The van der Waals surface area contributed by atoms with Crippen LogP contribution in [-0.4, -0.2) is 14.5 Å². The number of fused-ring (bicyclic) bond motifs is 3. The Labute approximate surface area is 320 Å². The van der Waals surface area contributed by atoms with Gasteiger partial charge in [0.1, 0.15) is 5.52 Å². The highest BCUT2D eigenvalue weighted by Gasteiger charge is 2.21. The first-order valence-electron chi connectivity index (χ1n) is 18.7. The zero-order valence-electron chi connectivity index (χ0n) is 30.0. The van der Waals surface area contributed by atoms with Crippen molar-refractivity contribution in [1.82, 2.24) is 14.5 Å². The molecule has 0 spiro atoms. The Kier molecular flexibility index (Phi) is 8.16. The van der Waals surface area contributed by atoms with Crippen molar-refractivity contribution in [3.05, 3.63) is 212 Å². The summed E-state index contributed by atoms with van der Waals surface area (Å²) in [5.41, 5.74) is 16.4. The van der Waals surface area contributed by atoms with Gasteiger partial charge < -0.3 is 4.57 Å². The minimum Gasteiger partial charge on any atom is -0.306 e. The van der Waals surface area contributed by atoms with Gasteiger partial charge >= 0.3 is 0 Å². The maximum atomic E-state index is 5.45. The van der Waals surface area contributed by atoms with Crippen molar-refractivity contribution < 1.29 is 0 Å². The molecule has 0 saturated heterocycles. The first-order chi connectivity index (χ1) is 27.3. The van der Waals surface area contributed by atoms with Crippen LogP contribution in [0, 0.1) is 0 Å². The van der Waals surface area contributed by atoms with Gasteiger partial charge in [-0.25, -0.2) is 9.97 Å². The summed E-state index contributed by atoms with van der Waals surface area (Å²) in [6, 6.07) is 75.0. The van der Waals surface area contributed by atoms with Crippen molar-refractivity contribution in [2.75, 3.05) is 0 Å². The van der Waals surface area contributed by atoms with Crippen molar-refractivity contribution in [3.63, 3.8) is 0 Å². The molecule has 0 atom stereocenters. The highest BCUT2D eigenvalue weighted by atomic mass is 15.0. The van der Waals surface area contributed by atoms with Gasteiger partial charge in [0.15, 0.2) is 5.82 Å². The Balaban J connectivity index is 1.10. The molecule has 0 radical (unpaired) electrons. The second-order valence-electron chi connectivity index (χ2n) is 13.8. The molecular formula is C52H35N3. The maximum absolute atomic E-state index is 5.45. The van der Waals surface area contributed by atoms with Gasteiger partial charge in [-0.15, -0.1) is 0 Å². The van der Waals surface area contributed by atoms with Gasteiger partial charge in [0, 0.05) is 22.2 Å². The normalized spacial score (nSPS) is 11.3. The van der Waals surface area contributed by atoms with Gasteiger partial charge in [0.2, 0.25) is 0 Å². The van der Waals surface area contributed by atoms with Crippen molar-refractivity contribution in [3.8, 4) is 72.8 Å². The molecular weight excluding hydrogens is 667 g/mol. The van der Waals surface area contributed by atoms with E-state index >= 15 is 0 Å². The van der Waals surface area contributed by atoms with Gasteiger partial charge in [-0.1, -0.05) is 176 Å². The van der Waals surface area contributed by atoms with E-state index in [4.69, 9.17) is 9.97 Å². The van der Waals surface area contributed by atoms with Crippen LogP contribution in [0.2, 0.25) is 0 Å². The quantitative estimate of drug-likeness (QED) is 0.166. The molecule has 8 aromatic carbocycles. The highest BCUT2D eigenvalue weighted by molar-refractivity contribution is 6.11. The van der Waals surface area contributed by atoms with Gasteiger partial charge in [0.25, 0.3) is 0 Å². The van der Waals surface area contributed by atoms with E-state index < -0.39 is 0 Å². The fourth-order valence-electron chi connectivity index (χ4n) is 7.70. The average Bonchev–Trinajstić information content (AvgIpc) is 3.61. The number of hydrogen-bond acceptors (Lipinski definition) is 2. The summed E-state index contributed by atoms with van der Waals surface area (Å²) in [5, 5.41) is 1.09. The van der Waals surface area contributed by atoms with E-state index in [-0.39, 0.29) is 0 Å². The number of hydrogen-bond donors (Lipinski definition) is 0. The van der Waals surface area contributed by atoms with Gasteiger partial charge in [0.05, 0.1) is 16.7 Å². The number of benzene rings is 8. The Bertz CT molecular complexity index is 2950. The predicted molar refractivity (Wildman–Crippen MR) is 229 cm³/mol. The molecule has 2 heterocycles. The molecule has 3 nitrogen and oxygen atoms in total. The van der Waals surface area contributed by atoms with Crippen molar-refractivity contribution in [2.24, 2.45) is 0 Å². The molecule has 0 aliphatic heterocycles. The van der Waals surface area contributed by atoms with Crippen LogP contribution < -0.4 is 0 Å². The standard InChI is InChI=1S/C52H35N3/c1-4-15-36(16-5-1)40-19-12-20-41(33-40)38-29-31-39(32-30-38)43-22-14-24-45(35-43)52-53-49(44-23-13-21-42(34-44)37-17-6-2-7-18-37)51-50(54-52)47-27-10-11-28-48(47)55(51)46-25-8-3-9-26-46/h1-35H. The third-order valence-electron chi connectivity index (χ3n) is 10.4. The third kappa shape index (κ3) is 6.08. The summed E-state index contributed by atoms with van der Waals surface area (Å²) in [6.45, 7) is 0. The van der Waals surface area contributed by atoms with Crippen LogP contribution in [0.4, 0.5) is 0 Å². The maximum Gasteiger partial charge on any atom is 0.160 e. The molecule has 0 bridgehead atoms. The second-order valence-corrected chi connectivity index (χ2v) is 13.8. The molecule has 2 aromatic heterocycles. The number of nitrogens with zero attached hydrogens (tertiary/aromatic N) is 3. The topological polar surface area (TPSA) is 30.7 Å². The van der Waals surface area contributed by atoms with Gasteiger partial charge in [-0.2, -0.15) is 0 Å². The van der Waals surface area contributed by atoms with Crippen LogP contribution in [0.15, 0.2) is 212 Å². The zero-order valence-corrected chi connectivity index (χ0v) is 30.0. The van der Waals surface area contributed by atoms with E-state index in [9.17, 15) is 0 Å². The fraction of sp³-hybridized carbons (Fsp3) is 0. The molecule has 258 valence electrons. The lowest BCUT2D eigenvalue weighted by molar-refractivity contribution is 1.15. The van der Waals surface area contributed by atoms with E-state index in [0.717, 1.165) is 61.1 Å². The first-order valence-corrected chi connectivity index (χ1v) is 18.7. The Hall–Kier alpha value is -7.36. The van der Waals surface area contributed by atoms with E-state index in [1.54, 1.807) is 0 Å². The van der Waals surface area contributed by atoms with Gasteiger partial charge in [-0.05, 0) is 80.9 Å². The summed E-state index contributed by atoms with van der Waals surface area (Å²) in [7, 11) is 0. The Morgan fingerprint density at radius 3 is 1.31 bits per heavy atom. The largest absolute Gasteiger partial charge is 0.306 e. The molecule has 0 N–H and O–H groups in total. The molecule has 0 aliphatic rings. The first kappa shape index (κ1) is 32.3. The lowest BCUT2D eigenvalue weighted by atomic mass is 9.96. The smallest absolute Gasteiger partial charge is 0.160 e.